The molecule has 0 radical (unpaired) electrons. The first-order valence-corrected chi connectivity index (χ1v) is 5.34. The minimum Gasteiger partial charge on any atom is -0.444 e. The van der Waals surface area contributed by atoms with E-state index in [1.165, 1.54) is 4.90 Å². The van der Waals surface area contributed by atoms with Gasteiger partial charge in [0.25, 0.3) is 0 Å². The molecule has 0 aromatic carbocycles. The minimum atomic E-state index is -1.78. The summed E-state index contributed by atoms with van der Waals surface area (Å²) >= 11 is 0. The number of hydrogen-bond donors (Lipinski definition) is 0. The second kappa shape index (κ2) is 4.28. The number of nitriles is 1. The van der Waals surface area contributed by atoms with E-state index in [0.717, 1.165) is 0 Å². The van der Waals surface area contributed by atoms with Gasteiger partial charge in [0.2, 0.25) is 0 Å². The van der Waals surface area contributed by atoms with Gasteiger partial charge in [0.05, 0.1) is 0 Å². The minimum absolute atomic E-state index is 0.0583. The molecule has 5 heteroatoms. The maximum atomic E-state index is 13.5. The number of carbonyl (C=O) groups is 1. The number of alkyl halides is 1. The van der Waals surface area contributed by atoms with Crippen LogP contribution in [0.4, 0.5) is 9.18 Å². The SMILES string of the molecule is CC(C)(C)OC(=O)N1CCC(F)(C#N)CC1. The summed E-state index contributed by atoms with van der Waals surface area (Å²) in [5.41, 5.74) is -2.32. The standard InChI is InChI=1S/C11H17FN2O2/c1-10(2,3)16-9(15)14-6-4-11(12,8-13)5-7-14/h4-7H2,1-3H3. The van der Waals surface area contributed by atoms with Crippen LogP contribution >= 0.6 is 0 Å². The Morgan fingerprint density at radius 1 is 1.44 bits per heavy atom. The predicted octanol–water partition coefficient (Wildman–Crippen LogP) is 2.25. The highest BCUT2D eigenvalue weighted by Crippen LogP contribution is 2.26. The molecule has 1 aliphatic heterocycles. The maximum absolute atomic E-state index is 13.5. The number of ether oxygens (including phenoxy) is 1. The van der Waals surface area contributed by atoms with Crippen molar-refractivity contribution in [1.29, 1.82) is 5.26 Å². The number of piperidine rings is 1. The zero-order valence-corrected chi connectivity index (χ0v) is 9.92. The third-order valence-corrected chi connectivity index (χ3v) is 2.41. The molecule has 0 unspecified atom stereocenters. The van der Waals surface area contributed by atoms with Gasteiger partial charge in [-0.15, -0.1) is 0 Å². The zero-order chi connectivity index (χ0) is 12.4. The highest BCUT2D eigenvalue weighted by molar-refractivity contribution is 5.68. The molecule has 1 amide bonds. The Labute approximate surface area is 95.0 Å². The molecule has 0 atom stereocenters. The Bertz CT molecular complexity index is 309. The summed E-state index contributed by atoms with van der Waals surface area (Å²) in [5.74, 6) is 0. The fraction of sp³-hybridized carbons (Fsp3) is 0.818. The molecule has 0 bridgehead atoms. The Morgan fingerprint density at radius 3 is 2.31 bits per heavy atom. The zero-order valence-electron chi connectivity index (χ0n) is 9.92. The summed E-state index contributed by atoms with van der Waals surface area (Å²) in [6.45, 7) is 5.81. The van der Waals surface area contributed by atoms with Gasteiger partial charge in [-0.05, 0) is 20.8 Å². The fourth-order valence-electron chi connectivity index (χ4n) is 1.48. The molecule has 0 spiro atoms. The van der Waals surface area contributed by atoms with Crippen molar-refractivity contribution >= 4 is 6.09 Å². The summed E-state index contributed by atoms with van der Waals surface area (Å²) in [4.78, 5) is 13.1. The van der Waals surface area contributed by atoms with Gasteiger partial charge in [-0.1, -0.05) is 0 Å². The fourth-order valence-corrected chi connectivity index (χ4v) is 1.48. The summed E-state index contributed by atoms with van der Waals surface area (Å²) < 4.78 is 18.7. The lowest BCUT2D eigenvalue weighted by Crippen LogP contribution is -2.45. The van der Waals surface area contributed by atoms with Crippen LogP contribution < -0.4 is 0 Å². The van der Waals surface area contributed by atoms with Crippen LogP contribution in [0, 0.1) is 11.3 Å². The van der Waals surface area contributed by atoms with E-state index in [1.807, 2.05) is 0 Å². The number of hydrogen-bond acceptors (Lipinski definition) is 3. The molecule has 1 saturated heterocycles. The van der Waals surface area contributed by atoms with E-state index in [-0.39, 0.29) is 25.9 Å². The molecule has 1 fully saturated rings. The maximum Gasteiger partial charge on any atom is 0.410 e. The van der Waals surface area contributed by atoms with Gasteiger partial charge in [-0.3, -0.25) is 0 Å². The average Bonchev–Trinajstić information content (AvgIpc) is 2.16. The molecule has 1 heterocycles. The van der Waals surface area contributed by atoms with Crippen molar-refractivity contribution in [3.05, 3.63) is 0 Å². The van der Waals surface area contributed by atoms with Gasteiger partial charge in [-0.25, -0.2) is 9.18 Å². The van der Waals surface area contributed by atoms with Gasteiger partial charge in [0, 0.05) is 25.9 Å². The third-order valence-electron chi connectivity index (χ3n) is 2.41. The molecule has 16 heavy (non-hydrogen) atoms. The first-order chi connectivity index (χ1) is 7.26. The van der Waals surface area contributed by atoms with Gasteiger partial charge in [0.15, 0.2) is 5.67 Å². The van der Waals surface area contributed by atoms with Crippen molar-refractivity contribution in [2.45, 2.75) is 44.9 Å². The second-order valence-electron chi connectivity index (χ2n) is 5.04. The normalized spacial score (nSPS) is 20.1. The lowest BCUT2D eigenvalue weighted by Gasteiger charge is -2.33. The molecular formula is C11H17FN2O2. The number of nitrogens with zero attached hydrogens (tertiary/aromatic N) is 2. The van der Waals surface area contributed by atoms with Crippen LogP contribution in [0.25, 0.3) is 0 Å². The lowest BCUT2D eigenvalue weighted by atomic mass is 9.95. The third kappa shape index (κ3) is 3.37. The van der Waals surface area contributed by atoms with E-state index >= 15 is 0 Å². The van der Waals surface area contributed by atoms with Gasteiger partial charge < -0.3 is 9.64 Å². The summed E-state index contributed by atoms with van der Waals surface area (Å²) in [6.07, 6.45) is -0.321. The molecule has 0 N–H and O–H groups in total. The van der Waals surface area contributed by atoms with Crippen molar-refractivity contribution < 1.29 is 13.9 Å². The molecular weight excluding hydrogens is 211 g/mol. The highest BCUT2D eigenvalue weighted by Gasteiger charge is 2.37. The Kier molecular flexibility index (Phi) is 3.41. The Balaban J connectivity index is 2.49. The van der Waals surface area contributed by atoms with E-state index in [0.29, 0.717) is 0 Å². The summed E-state index contributed by atoms with van der Waals surface area (Å²) in [6, 6.07) is 1.64. The molecule has 1 aliphatic rings. The van der Waals surface area contributed by atoms with Crippen LogP contribution in [0.1, 0.15) is 33.6 Å². The van der Waals surface area contributed by atoms with E-state index in [1.54, 1.807) is 26.8 Å². The van der Waals surface area contributed by atoms with Crippen molar-refractivity contribution in [2.24, 2.45) is 0 Å². The van der Waals surface area contributed by atoms with Crippen LogP contribution in [0.3, 0.4) is 0 Å². The predicted molar refractivity (Wildman–Crippen MR) is 56.5 cm³/mol. The number of halogens is 1. The molecule has 0 aliphatic carbocycles. The number of carbonyl (C=O) groups excluding carboxylic acids is 1. The van der Waals surface area contributed by atoms with Gasteiger partial charge >= 0.3 is 6.09 Å². The largest absolute Gasteiger partial charge is 0.444 e. The van der Waals surface area contributed by atoms with Crippen LogP contribution in [0.15, 0.2) is 0 Å². The van der Waals surface area contributed by atoms with Crippen LogP contribution in [0.2, 0.25) is 0 Å². The quantitative estimate of drug-likeness (QED) is 0.639. The first kappa shape index (κ1) is 12.8. The monoisotopic (exact) mass is 228 g/mol. The molecule has 0 aromatic heterocycles. The topological polar surface area (TPSA) is 53.3 Å². The van der Waals surface area contributed by atoms with Crippen LogP contribution in [0.5, 0.6) is 0 Å². The van der Waals surface area contributed by atoms with Gasteiger partial charge in [-0.2, -0.15) is 5.26 Å². The molecule has 4 nitrogen and oxygen atoms in total. The van der Waals surface area contributed by atoms with Crippen molar-refractivity contribution in [1.82, 2.24) is 4.90 Å². The van der Waals surface area contributed by atoms with E-state index in [9.17, 15) is 9.18 Å². The molecule has 0 aromatic rings. The van der Waals surface area contributed by atoms with E-state index in [2.05, 4.69) is 0 Å². The Hall–Kier alpha value is -1.31. The smallest absolute Gasteiger partial charge is 0.410 e. The number of amides is 1. The Morgan fingerprint density at radius 2 is 1.94 bits per heavy atom. The number of rotatable bonds is 0. The van der Waals surface area contributed by atoms with Gasteiger partial charge in [0.1, 0.15) is 11.7 Å². The van der Waals surface area contributed by atoms with Crippen LogP contribution in [-0.4, -0.2) is 35.4 Å². The summed E-state index contributed by atoms with van der Waals surface area (Å²) in [7, 11) is 0. The first-order valence-electron chi connectivity index (χ1n) is 5.34. The van der Waals surface area contributed by atoms with E-state index < -0.39 is 17.4 Å². The number of likely N-dealkylation sites (tertiary alicyclic amines) is 1. The van der Waals surface area contributed by atoms with Crippen molar-refractivity contribution in [2.75, 3.05) is 13.1 Å². The van der Waals surface area contributed by atoms with E-state index in [4.69, 9.17) is 10.00 Å². The highest BCUT2D eigenvalue weighted by atomic mass is 19.1. The summed E-state index contributed by atoms with van der Waals surface area (Å²) in [5, 5.41) is 8.60. The lowest BCUT2D eigenvalue weighted by molar-refractivity contribution is 0.0115. The molecule has 1 rings (SSSR count). The molecule has 90 valence electrons. The molecule has 0 saturated carbocycles. The second-order valence-corrected chi connectivity index (χ2v) is 5.04. The van der Waals surface area contributed by atoms with Crippen molar-refractivity contribution in [3.8, 4) is 6.07 Å². The van der Waals surface area contributed by atoms with Crippen molar-refractivity contribution in [3.63, 3.8) is 0 Å². The average molecular weight is 228 g/mol. The van der Waals surface area contributed by atoms with Crippen LogP contribution in [-0.2, 0) is 4.74 Å².